The number of carbonyl (C=O) groups excluding carboxylic acids is 1. The third-order valence-electron chi connectivity index (χ3n) is 6.79. The molecule has 2 unspecified atom stereocenters. The van der Waals surface area contributed by atoms with E-state index in [9.17, 15) is 4.79 Å². The number of benzene rings is 2. The molecule has 29 heavy (non-hydrogen) atoms. The van der Waals surface area contributed by atoms with Crippen molar-refractivity contribution < 1.29 is 9.37 Å². The van der Waals surface area contributed by atoms with E-state index in [2.05, 4.69) is 67.9 Å². The number of carbonyl (C=O) groups is 1. The molecule has 0 aliphatic heterocycles. The number of rotatable bonds is 4. The predicted molar refractivity (Wildman–Crippen MR) is 120 cm³/mol. The summed E-state index contributed by atoms with van der Waals surface area (Å²) in [6, 6.07) is 17.3. The summed E-state index contributed by atoms with van der Waals surface area (Å²) in [6.07, 6.45) is 5.25. The molecular weight excluding hydrogens is 354 g/mol. The number of fused-ring (bicyclic) bond motifs is 1. The highest BCUT2D eigenvalue weighted by Crippen LogP contribution is 2.48. The van der Waals surface area contributed by atoms with Gasteiger partial charge >= 0.3 is 0 Å². The molecule has 0 saturated heterocycles. The van der Waals surface area contributed by atoms with Gasteiger partial charge < -0.3 is 0 Å². The molecule has 0 aromatic heterocycles. The molecule has 0 N–H and O–H groups in total. The topological polar surface area (TPSA) is 20.1 Å². The van der Waals surface area contributed by atoms with Gasteiger partial charge in [-0.3, -0.25) is 4.79 Å². The van der Waals surface area contributed by atoms with Crippen molar-refractivity contribution in [3.05, 3.63) is 82.1 Å². The van der Waals surface area contributed by atoms with Crippen molar-refractivity contribution in [2.24, 2.45) is 5.92 Å². The van der Waals surface area contributed by atoms with Gasteiger partial charge in [-0.2, -0.15) is 4.58 Å². The van der Waals surface area contributed by atoms with Crippen LogP contribution in [0.2, 0.25) is 0 Å². The minimum absolute atomic E-state index is 0.151. The number of allylic oxidation sites excluding steroid dienone is 2. The van der Waals surface area contributed by atoms with E-state index in [1.807, 2.05) is 13.0 Å². The summed E-state index contributed by atoms with van der Waals surface area (Å²) in [5, 5.41) is 0. The zero-order valence-corrected chi connectivity index (χ0v) is 18.2. The molecule has 2 aromatic rings. The van der Waals surface area contributed by atoms with Crippen molar-refractivity contribution in [1.29, 1.82) is 0 Å². The lowest BCUT2D eigenvalue weighted by Crippen LogP contribution is -2.26. The summed E-state index contributed by atoms with van der Waals surface area (Å²) >= 11 is 0. The molecule has 150 valence electrons. The van der Waals surface area contributed by atoms with E-state index in [0.29, 0.717) is 11.7 Å². The highest BCUT2D eigenvalue weighted by atomic mass is 16.1. The Balaban J connectivity index is 1.57. The van der Waals surface area contributed by atoms with E-state index in [-0.39, 0.29) is 5.92 Å². The van der Waals surface area contributed by atoms with Gasteiger partial charge in [-0.25, -0.2) is 0 Å². The van der Waals surface area contributed by atoms with Crippen molar-refractivity contribution in [1.82, 2.24) is 0 Å². The van der Waals surface area contributed by atoms with Gasteiger partial charge in [0, 0.05) is 19.3 Å². The van der Waals surface area contributed by atoms with E-state index in [1.165, 1.54) is 33.5 Å². The van der Waals surface area contributed by atoms with Crippen LogP contribution in [0, 0.1) is 12.8 Å². The molecule has 2 aliphatic rings. The lowest BCUT2D eigenvalue weighted by molar-refractivity contribution is -0.447. The van der Waals surface area contributed by atoms with E-state index in [1.54, 1.807) is 0 Å². The lowest BCUT2D eigenvalue weighted by atomic mass is 9.90. The van der Waals surface area contributed by atoms with Crippen molar-refractivity contribution >= 4 is 11.5 Å². The fourth-order valence-electron chi connectivity index (χ4n) is 4.85. The largest absolute Gasteiger partial charge is 0.288 e. The van der Waals surface area contributed by atoms with Crippen LogP contribution in [0.3, 0.4) is 0 Å². The minimum Gasteiger partial charge on any atom is -0.288 e. The Morgan fingerprint density at radius 1 is 1.00 bits per heavy atom. The first-order valence-electron chi connectivity index (χ1n) is 10.9. The van der Waals surface area contributed by atoms with Gasteiger partial charge in [-0.15, -0.1) is 0 Å². The average molecular weight is 387 g/mol. The van der Waals surface area contributed by atoms with Crippen LogP contribution in [-0.4, -0.2) is 23.1 Å². The van der Waals surface area contributed by atoms with Gasteiger partial charge in [-0.05, 0) is 67.7 Å². The van der Waals surface area contributed by atoms with Crippen LogP contribution in [0.1, 0.15) is 61.3 Å². The third-order valence-corrected chi connectivity index (χ3v) is 6.79. The van der Waals surface area contributed by atoms with Crippen LogP contribution in [0.25, 0.3) is 0 Å². The zero-order valence-electron chi connectivity index (χ0n) is 18.2. The van der Waals surface area contributed by atoms with E-state index in [0.717, 1.165) is 37.8 Å². The lowest BCUT2D eigenvalue weighted by Gasteiger charge is -2.17. The maximum Gasteiger partial charge on any atom is 0.225 e. The Labute approximate surface area is 175 Å². The third kappa shape index (κ3) is 4.12. The second kappa shape index (κ2) is 8.10. The second-order valence-electron chi connectivity index (χ2n) is 8.90. The standard InChI is InChI=1S/C27H32NO/c1-18-13-14-23-16-19(2)26(12-8-11-22(23)15-18)28(4)20(3)27(29)25-17-24(25)21-9-6-5-7-10-21/h5-7,9-10,13-15,24-25H,8,11-12,16-17H2,1-4H3/q+1. The first-order valence-corrected chi connectivity index (χ1v) is 10.9. The summed E-state index contributed by atoms with van der Waals surface area (Å²) in [7, 11) is 2.09. The maximum absolute atomic E-state index is 13.2. The Morgan fingerprint density at radius 3 is 2.52 bits per heavy atom. The first-order chi connectivity index (χ1) is 14.0. The molecule has 2 atom stereocenters. The Morgan fingerprint density at radius 2 is 1.76 bits per heavy atom. The maximum atomic E-state index is 13.2. The van der Waals surface area contributed by atoms with E-state index < -0.39 is 0 Å². The van der Waals surface area contributed by atoms with E-state index >= 15 is 0 Å². The second-order valence-corrected chi connectivity index (χ2v) is 8.90. The van der Waals surface area contributed by atoms with Gasteiger partial charge in [0.2, 0.25) is 11.5 Å². The Hall–Kier alpha value is -2.48. The van der Waals surface area contributed by atoms with Crippen LogP contribution in [0.5, 0.6) is 0 Å². The fraction of sp³-hybridized carbons (Fsp3) is 0.407. The SMILES string of the molecule is CC1=C([N+](C)=C(C)C(=O)C2CC2c2ccccc2)CCCc2cc(C)ccc2C1. The average Bonchev–Trinajstić information content (AvgIpc) is 3.51. The number of hydrogen-bond acceptors (Lipinski definition) is 1. The molecule has 0 heterocycles. The Kier molecular flexibility index (Phi) is 5.54. The Bertz CT molecular complexity index is 996. The molecule has 1 fully saturated rings. The summed E-state index contributed by atoms with van der Waals surface area (Å²) in [6.45, 7) is 6.42. The van der Waals surface area contributed by atoms with Gasteiger partial charge in [-0.1, -0.05) is 54.1 Å². The normalized spacial score (nSPS) is 22.3. The van der Waals surface area contributed by atoms with Gasteiger partial charge in [0.25, 0.3) is 0 Å². The van der Waals surface area contributed by atoms with Gasteiger partial charge in [0.05, 0.1) is 0 Å². The van der Waals surface area contributed by atoms with Crippen molar-refractivity contribution in [3.8, 4) is 0 Å². The molecule has 0 spiro atoms. The highest BCUT2D eigenvalue weighted by molar-refractivity contribution is 6.38. The molecule has 2 heteroatoms. The number of hydrogen-bond donors (Lipinski definition) is 0. The smallest absolute Gasteiger partial charge is 0.225 e. The van der Waals surface area contributed by atoms with Crippen LogP contribution >= 0.6 is 0 Å². The molecule has 0 amide bonds. The van der Waals surface area contributed by atoms with Crippen LogP contribution in [0.4, 0.5) is 0 Å². The molecule has 0 radical (unpaired) electrons. The summed E-state index contributed by atoms with van der Waals surface area (Å²) < 4.78 is 2.19. The predicted octanol–water partition coefficient (Wildman–Crippen LogP) is 5.62. The molecule has 0 bridgehead atoms. The van der Waals surface area contributed by atoms with Crippen LogP contribution in [0.15, 0.2) is 59.8 Å². The van der Waals surface area contributed by atoms with Gasteiger partial charge in [0.1, 0.15) is 7.05 Å². The van der Waals surface area contributed by atoms with Crippen molar-refractivity contribution in [3.63, 3.8) is 0 Å². The highest BCUT2D eigenvalue weighted by Gasteiger charge is 2.46. The number of Topliss-reactive ketones (excluding diaryl/α,β-unsaturated/α-hetero) is 1. The van der Waals surface area contributed by atoms with Gasteiger partial charge in [0.15, 0.2) is 5.70 Å². The molecular formula is C27H32NO+. The first kappa shape index (κ1) is 19.8. The summed E-state index contributed by atoms with van der Waals surface area (Å²) in [5.74, 6) is 0.868. The van der Waals surface area contributed by atoms with Crippen LogP contribution in [-0.2, 0) is 17.6 Å². The fourth-order valence-corrected chi connectivity index (χ4v) is 4.85. The monoisotopic (exact) mass is 386 g/mol. The minimum atomic E-state index is 0.151. The van der Waals surface area contributed by atoms with Crippen molar-refractivity contribution in [2.75, 3.05) is 7.05 Å². The number of ketones is 1. The number of nitrogens with zero attached hydrogens (tertiary/aromatic N) is 1. The molecule has 2 aromatic carbocycles. The van der Waals surface area contributed by atoms with E-state index in [4.69, 9.17) is 0 Å². The molecule has 2 nitrogen and oxygen atoms in total. The molecule has 2 aliphatic carbocycles. The zero-order chi connectivity index (χ0) is 20.5. The number of aryl methyl sites for hydroxylation is 2. The van der Waals surface area contributed by atoms with Crippen molar-refractivity contribution in [2.45, 2.75) is 58.8 Å². The summed E-state index contributed by atoms with van der Waals surface area (Å²) in [5.41, 5.74) is 9.19. The molecule has 4 rings (SSSR count). The quantitative estimate of drug-likeness (QED) is 0.493. The summed E-state index contributed by atoms with van der Waals surface area (Å²) in [4.78, 5) is 13.2. The molecule has 1 saturated carbocycles. The van der Waals surface area contributed by atoms with Crippen LogP contribution < -0.4 is 0 Å².